The third-order valence-electron chi connectivity index (χ3n) is 4.48. The lowest BCUT2D eigenvalue weighted by Crippen LogP contribution is -2.30. The van der Waals surface area contributed by atoms with E-state index in [9.17, 15) is 26.8 Å². The SMILES string of the molecule is CC(NS(=O)(=O)CCCCCN1CC(=O)NC1=O)c1cnc(CCC(C)(F)F)[nH]1. The van der Waals surface area contributed by atoms with E-state index in [1.165, 1.54) is 11.1 Å². The number of sulfonamides is 1. The molecule has 29 heavy (non-hydrogen) atoms. The molecule has 0 aliphatic carbocycles. The van der Waals surface area contributed by atoms with Gasteiger partial charge < -0.3 is 9.88 Å². The molecule has 1 aromatic heterocycles. The molecule has 1 aliphatic rings. The van der Waals surface area contributed by atoms with Gasteiger partial charge in [0.15, 0.2) is 0 Å². The van der Waals surface area contributed by atoms with E-state index in [1.54, 1.807) is 6.92 Å². The Morgan fingerprint density at radius 2 is 2.03 bits per heavy atom. The van der Waals surface area contributed by atoms with Crippen LogP contribution in [0.2, 0.25) is 0 Å². The minimum Gasteiger partial charge on any atom is -0.345 e. The van der Waals surface area contributed by atoms with Crippen LogP contribution in [0.4, 0.5) is 13.6 Å². The summed E-state index contributed by atoms with van der Waals surface area (Å²) in [6.45, 7) is 2.92. The molecule has 1 saturated heterocycles. The highest BCUT2D eigenvalue weighted by molar-refractivity contribution is 7.89. The van der Waals surface area contributed by atoms with Crippen LogP contribution in [0.1, 0.15) is 57.1 Å². The van der Waals surface area contributed by atoms with E-state index < -0.39 is 28.0 Å². The summed E-state index contributed by atoms with van der Waals surface area (Å²) < 4.78 is 52.8. The van der Waals surface area contributed by atoms with Gasteiger partial charge in [0.25, 0.3) is 0 Å². The molecule has 12 heteroatoms. The molecule has 3 N–H and O–H groups in total. The van der Waals surface area contributed by atoms with Crippen LogP contribution >= 0.6 is 0 Å². The second-order valence-corrected chi connectivity index (χ2v) is 9.22. The molecule has 2 rings (SSSR count). The molecule has 0 radical (unpaired) electrons. The van der Waals surface area contributed by atoms with Gasteiger partial charge >= 0.3 is 6.03 Å². The smallest absolute Gasteiger partial charge is 0.324 e. The van der Waals surface area contributed by atoms with E-state index in [-0.39, 0.29) is 31.0 Å². The Bertz CT molecular complexity index is 822. The first kappa shape index (κ1) is 23.2. The number of hydrogen-bond donors (Lipinski definition) is 3. The number of aromatic nitrogens is 2. The first-order chi connectivity index (χ1) is 13.5. The number of urea groups is 1. The van der Waals surface area contributed by atoms with Gasteiger partial charge in [0, 0.05) is 25.6 Å². The third-order valence-corrected chi connectivity index (χ3v) is 6.02. The normalized spacial score (nSPS) is 16.3. The van der Waals surface area contributed by atoms with Gasteiger partial charge in [-0.15, -0.1) is 0 Å². The zero-order valence-corrected chi connectivity index (χ0v) is 17.3. The summed E-state index contributed by atoms with van der Waals surface area (Å²) >= 11 is 0. The maximum absolute atomic E-state index is 12.9. The number of imidazole rings is 1. The van der Waals surface area contributed by atoms with Crippen molar-refractivity contribution in [2.24, 2.45) is 0 Å². The predicted molar refractivity (Wildman–Crippen MR) is 102 cm³/mol. The second-order valence-electron chi connectivity index (χ2n) is 7.35. The monoisotopic (exact) mass is 435 g/mol. The van der Waals surface area contributed by atoms with Gasteiger partial charge in [0.05, 0.1) is 17.5 Å². The number of aromatic amines is 1. The maximum Gasteiger partial charge on any atom is 0.324 e. The second kappa shape index (κ2) is 9.61. The Kier molecular flexibility index (Phi) is 7.69. The lowest BCUT2D eigenvalue weighted by atomic mass is 10.2. The fraction of sp³-hybridized carbons (Fsp3) is 0.706. The number of hydrogen-bond acceptors (Lipinski definition) is 5. The molecule has 0 bridgehead atoms. The summed E-state index contributed by atoms with van der Waals surface area (Å²) in [7, 11) is -3.54. The van der Waals surface area contributed by atoms with Crippen LogP contribution < -0.4 is 10.0 Å². The number of alkyl halides is 2. The Labute approximate surface area is 168 Å². The fourth-order valence-electron chi connectivity index (χ4n) is 2.89. The predicted octanol–water partition coefficient (Wildman–Crippen LogP) is 1.70. The lowest BCUT2D eigenvalue weighted by molar-refractivity contribution is -0.118. The van der Waals surface area contributed by atoms with Crippen molar-refractivity contribution in [1.29, 1.82) is 0 Å². The van der Waals surface area contributed by atoms with Crippen molar-refractivity contribution in [1.82, 2.24) is 24.9 Å². The molecular weight excluding hydrogens is 408 g/mol. The van der Waals surface area contributed by atoms with E-state index in [4.69, 9.17) is 0 Å². The van der Waals surface area contributed by atoms with Crippen LogP contribution in [-0.2, 0) is 21.2 Å². The quantitative estimate of drug-likeness (QED) is 0.340. The number of nitrogens with zero attached hydrogens (tertiary/aromatic N) is 2. The Balaban J connectivity index is 1.71. The van der Waals surface area contributed by atoms with E-state index in [1.807, 2.05) is 0 Å². The zero-order chi connectivity index (χ0) is 21.7. The number of nitrogens with one attached hydrogen (secondary N) is 3. The van der Waals surface area contributed by atoms with Crippen molar-refractivity contribution >= 4 is 22.0 Å². The molecule has 1 unspecified atom stereocenters. The van der Waals surface area contributed by atoms with Crippen LogP contribution in [0.25, 0.3) is 0 Å². The largest absolute Gasteiger partial charge is 0.345 e. The highest BCUT2D eigenvalue weighted by Crippen LogP contribution is 2.19. The minimum absolute atomic E-state index is 0.0400. The van der Waals surface area contributed by atoms with E-state index in [0.717, 1.165) is 6.92 Å². The van der Waals surface area contributed by atoms with Gasteiger partial charge in [0.2, 0.25) is 21.9 Å². The summed E-state index contributed by atoms with van der Waals surface area (Å²) in [5, 5.41) is 2.18. The fourth-order valence-corrected chi connectivity index (χ4v) is 4.26. The maximum atomic E-state index is 12.9. The van der Waals surface area contributed by atoms with E-state index in [2.05, 4.69) is 20.0 Å². The minimum atomic E-state index is -3.54. The summed E-state index contributed by atoms with van der Waals surface area (Å²) in [6, 6.07) is -0.984. The standard InChI is InChI=1S/C17H27F2N5O4S/c1-12(13-10-20-14(21-13)6-7-17(2,18)19)23-29(27,28)9-5-3-4-8-24-11-15(25)22-16(24)26/h10,12,23H,3-9,11H2,1-2H3,(H,20,21)(H,22,25,26). The highest BCUT2D eigenvalue weighted by Gasteiger charge is 2.26. The summed E-state index contributed by atoms with van der Waals surface area (Å²) in [4.78, 5) is 30.8. The first-order valence-electron chi connectivity index (χ1n) is 9.45. The summed E-state index contributed by atoms with van der Waals surface area (Å²) in [5.41, 5.74) is 0.507. The molecular formula is C17H27F2N5O4S. The number of imide groups is 1. The van der Waals surface area contributed by atoms with Crippen LogP contribution in [0.5, 0.6) is 0 Å². The van der Waals surface area contributed by atoms with Crippen molar-refractivity contribution in [2.75, 3.05) is 18.8 Å². The molecule has 9 nitrogen and oxygen atoms in total. The van der Waals surface area contributed by atoms with E-state index in [0.29, 0.717) is 37.3 Å². The Morgan fingerprint density at radius 1 is 1.31 bits per heavy atom. The molecule has 0 aromatic carbocycles. The number of aryl methyl sites for hydroxylation is 1. The van der Waals surface area contributed by atoms with E-state index >= 15 is 0 Å². The number of rotatable bonds is 12. The van der Waals surface area contributed by atoms with Crippen LogP contribution in [-0.4, -0.2) is 60.0 Å². The number of carbonyl (C=O) groups is 2. The number of amides is 3. The number of halogens is 2. The van der Waals surface area contributed by atoms with Gasteiger partial charge in [-0.05, 0) is 26.7 Å². The van der Waals surface area contributed by atoms with Gasteiger partial charge in [-0.25, -0.2) is 31.7 Å². The molecule has 1 aromatic rings. The molecule has 164 valence electrons. The molecule has 1 aliphatic heterocycles. The zero-order valence-electron chi connectivity index (χ0n) is 16.5. The topological polar surface area (TPSA) is 124 Å². The van der Waals surface area contributed by atoms with Crippen molar-refractivity contribution < 1.29 is 26.8 Å². The van der Waals surface area contributed by atoms with Crippen LogP contribution in [0.3, 0.4) is 0 Å². The Morgan fingerprint density at radius 3 is 2.66 bits per heavy atom. The summed E-state index contributed by atoms with van der Waals surface area (Å²) in [6.07, 6.45) is 2.77. The number of unbranched alkanes of at least 4 members (excludes halogenated alkanes) is 2. The number of carbonyl (C=O) groups excluding carboxylic acids is 2. The lowest BCUT2D eigenvalue weighted by Gasteiger charge is -2.14. The number of H-pyrrole nitrogens is 1. The average molecular weight is 435 g/mol. The average Bonchev–Trinajstić information content (AvgIpc) is 3.18. The summed E-state index contributed by atoms with van der Waals surface area (Å²) in [5.74, 6) is -2.81. The van der Waals surface area contributed by atoms with Crippen molar-refractivity contribution in [3.05, 3.63) is 17.7 Å². The molecule has 0 spiro atoms. The molecule has 1 fully saturated rings. The molecule has 3 amide bonds. The first-order valence-corrected chi connectivity index (χ1v) is 11.1. The molecule has 0 saturated carbocycles. The van der Waals surface area contributed by atoms with Crippen molar-refractivity contribution in [3.8, 4) is 0 Å². The van der Waals surface area contributed by atoms with Crippen LogP contribution in [0.15, 0.2) is 6.20 Å². The van der Waals surface area contributed by atoms with Gasteiger partial charge in [-0.3, -0.25) is 10.1 Å². The highest BCUT2D eigenvalue weighted by atomic mass is 32.2. The molecule has 1 atom stereocenters. The van der Waals surface area contributed by atoms with Crippen molar-refractivity contribution in [3.63, 3.8) is 0 Å². The van der Waals surface area contributed by atoms with Gasteiger partial charge in [0.1, 0.15) is 12.4 Å². The van der Waals surface area contributed by atoms with Gasteiger partial charge in [-0.1, -0.05) is 6.42 Å². The van der Waals surface area contributed by atoms with Crippen LogP contribution in [0, 0.1) is 0 Å². The molecule has 2 heterocycles. The third kappa shape index (κ3) is 8.05. The van der Waals surface area contributed by atoms with Gasteiger partial charge in [-0.2, -0.15) is 0 Å². The Hall–Kier alpha value is -2.08. The van der Waals surface area contributed by atoms with Crippen molar-refractivity contribution in [2.45, 2.75) is 57.9 Å².